The molecule has 2 aliphatic heterocycles. The van der Waals surface area contributed by atoms with Crippen LogP contribution in [0.4, 0.5) is 0 Å². The molecule has 1 saturated heterocycles. The minimum atomic E-state index is 0.653. The fraction of sp³-hybridized carbons (Fsp3) is 0.647. The van der Waals surface area contributed by atoms with E-state index in [1.54, 1.807) is 0 Å². The molecule has 2 aliphatic rings. The van der Waals surface area contributed by atoms with Crippen LogP contribution in [0.25, 0.3) is 0 Å². The van der Waals surface area contributed by atoms with Crippen molar-refractivity contribution in [1.82, 2.24) is 10.2 Å². The van der Waals surface area contributed by atoms with Crippen LogP contribution < -0.4 is 14.8 Å². The third-order valence-electron chi connectivity index (χ3n) is 4.52. The molecule has 0 aliphatic carbocycles. The molecule has 0 spiro atoms. The number of ether oxygens (including phenoxy) is 2. The van der Waals surface area contributed by atoms with Crippen LogP contribution in [0.2, 0.25) is 0 Å². The van der Waals surface area contributed by atoms with Gasteiger partial charge in [-0.1, -0.05) is 13.0 Å². The number of likely N-dealkylation sites (tertiary alicyclic amines) is 1. The van der Waals surface area contributed by atoms with E-state index in [-0.39, 0.29) is 0 Å². The molecular formula is C17H26N2O2. The lowest BCUT2D eigenvalue weighted by Gasteiger charge is -2.31. The summed E-state index contributed by atoms with van der Waals surface area (Å²) in [7, 11) is 0. The molecule has 0 saturated carbocycles. The Balaban J connectivity index is 1.43. The summed E-state index contributed by atoms with van der Waals surface area (Å²) < 4.78 is 11.2. The number of fused-ring (bicyclic) bond motifs is 1. The first-order chi connectivity index (χ1) is 10.3. The molecule has 0 aromatic heterocycles. The maximum atomic E-state index is 5.63. The second-order valence-corrected chi connectivity index (χ2v) is 5.99. The van der Waals surface area contributed by atoms with Crippen LogP contribution in [0.15, 0.2) is 18.2 Å². The molecule has 116 valence electrons. The van der Waals surface area contributed by atoms with Gasteiger partial charge >= 0.3 is 0 Å². The molecule has 0 unspecified atom stereocenters. The second kappa shape index (κ2) is 7.14. The van der Waals surface area contributed by atoms with Gasteiger partial charge in [0, 0.05) is 6.54 Å². The van der Waals surface area contributed by atoms with Crippen LogP contribution >= 0.6 is 0 Å². The van der Waals surface area contributed by atoms with Crippen molar-refractivity contribution in [1.29, 1.82) is 0 Å². The van der Waals surface area contributed by atoms with E-state index in [0.717, 1.165) is 30.5 Å². The largest absolute Gasteiger partial charge is 0.486 e. The molecule has 1 aromatic rings. The maximum absolute atomic E-state index is 5.63. The highest BCUT2D eigenvalue weighted by atomic mass is 16.6. The Labute approximate surface area is 127 Å². The van der Waals surface area contributed by atoms with E-state index < -0.39 is 0 Å². The third-order valence-corrected chi connectivity index (χ3v) is 4.52. The zero-order valence-electron chi connectivity index (χ0n) is 12.9. The van der Waals surface area contributed by atoms with Crippen molar-refractivity contribution >= 4 is 0 Å². The minimum absolute atomic E-state index is 0.653. The molecule has 0 atom stereocenters. The molecule has 0 bridgehead atoms. The number of hydrogen-bond acceptors (Lipinski definition) is 4. The molecule has 1 fully saturated rings. The van der Waals surface area contributed by atoms with Crippen molar-refractivity contribution in [3.8, 4) is 11.5 Å². The van der Waals surface area contributed by atoms with Gasteiger partial charge in [0.25, 0.3) is 0 Å². The van der Waals surface area contributed by atoms with Crippen molar-refractivity contribution in [3.63, 3.8) is 0 Å². The first-order valence-corrected chi connectivity index (χ1v) is 8.16. The van der Waals surface area contributed by atoms with Gasteiger partial charge < -0.3 is 19.7 Å². The zero-order valence-corrected chi connectivity index (χ0v) is 12.9. The van der Waals surface area contributed by atoms with E-state index in [9.17, 15) is 0 Å². The normalized spacial score (nSPS) is 19.7. The van der Waals surface area contributed by atoms with E-state index >= 15 is 0 Å². The van der Waals surface area contributed by atoms with Gasteiger partial charge in [0.2, 0.25) is 0 Å². The number of nitrogens with one attached hydrogen (secondary N) is 1. The van der Waals surface area contributed by atoms with Gasteiger partial charge in [-0.2, -0.15) is 0 Å². The zero-order chi connectivity index (χ0) is 14.5. The van der Waals surface area contributed by atoms with Crippen LogP contribution in [0, 0.1) is 5.92 Å². The predicted molar refractivity (Wildman–Crippen MR) is 84.0 cm³/mol. The van der Waals surface area contributed by atoms with Crippen molar-refractivity contribution in [2.24, 2.45) is 5.92 Å². The van der Waals surface area contributed by atoms with Crippen molar-refractivity contribution in [2.45, 2.75) is 26.3 Å². The van der Waals surface area contributed by atoms with Crippen LogP contribution in [0.5, 0.6) is 11.5 Å². The van der Waals surface area contributed by atoms with E-state index in [1.807, 2.05) is 6.07 Å². The molecule has 0 radical (unpaired) electrons. The summed E-state index contributed by atoms with van der Waals surface area (Å²) in [5.74, 6) is 2.58. The molecule has 4 nitrogen and oxygen atoms in total. The molecule has 21 heavy (non-hydrogen) atoms. The second-order valence-electron chi connectivity index (χ2n) is 5.99. The van der Waals surface area contributed by atoms with E-state index in [4.69, 9.17) is 9.47 Å². The molecule has 2 heterocycles. The number of nitrogens with zero attached hydrogens (tertiary/aromatic N) is 1. The highest BCUT2D eigenvalue weighted by Gasteiger charge is 2.17. The SMILES string of the molecule is CCN1CCC(CNCc2ccc3c(c2)OCCO3)CC1. The monoisotopic (exact) mass is 290 g/mol. The Morgan fingerprint density at radius 3 is 2.67 bits per heavy atom. The summed E-state index contributed by atoms with van der Waals surface area (Å²) in [5, 5.41) is 3.60. The Bertz CT molecular complexity index is 456. The fourth-order valence-corrected chi connectivity index (χ4v) is 3.13. The summed E-state index contributed by atoms with van der Waals surface area (Å²) in [6.45, 7) is 9.29. The first kappa shape index (κ1) is 14.7. The Morgan fingerprint density at radius 2 is 1.90 bits per heavy atom. The van der Waals surface area contributed by atoms with Crippen LogP contribution in [-0.4, -0.2) is 44.3 Å². The Morgan fingerprint density at radius 1 is 1.14 bits per heavy atom. The lowest BCUT2D eigenvalue weighted by atomic mass is 9.97. The average molecular weight is 290 g/mol. The van der Waals surface area contributed by atoms with Gasteiger partial charge in [0.1, 0.15) is 13.2 Å². The number of rotatable bonds is 5. The van der Waals surface area contributed by atoms with Crippen molar-refractivity contribution in [2.75, 3.05) is 39.4 Å². The molecular weight excluding hydrogens is 264 g/mol. The molecule has 1 N–H and O–H groups in total. The summed E-state index contributed by atoms with van der Waals surface area (Å²) in [6.07, 6.45) is 2.64. The van der Waals surface area contributed by atoms with Crippen LogP contribution in [-0.2, 0) is 6.54 Å². The number of hydrogen-bond donors (Lipinski definition) is 1. The number of piperidine rings is 1. The Hall–Kier alpha value is -1.26. The van der Waals surface area contributed by atoms with Gasteiger partial charge in [-0.15, -0.1) is 0 Å². The maximum Gasteiger partial charge on any atom is 0.161 e. The first-order valence-electron chi connectivity index (χ1n) is 8.16. The smallest absolute Gasteiger partial charge is 0.161 e. The third kappa shape index (κ3) is 3.89. The predicted octanol–water partition coefficient (Wildman–Crippen LogP) is 2.28. The number of benzene rings is 1. The summed E-state index contributed by atoms with van der Waals surface area (Å²) in [4.78, 5) is 2.54. The van der Waals surface area contributed by atoms with E-state index in [2.05, 4.69) is 29.3 Å². The highest BCUT2D eigenvalue weighted by Crippen LogP contribution is 2.30. The summed E-state index contributed by atoms with van der Waals surface area (Å²) in [5.41, 5.74) is 1.27. The standard InChI is InChI=1S/C17H26N2O2/c1-2-19-7-5-14(6-8-19)12-18-13-15-3-4-16-17(11-15)21-10-9-20-16/h3-4,11,14,18H,2,5-10,12-13H2,1H3. The minimum Gasteiger partial charge on any atom is -0.486 e. The summed E-state index contributed by atoms with van der Waals surface area (Å²) in [6, 6.07) is 6.24. The van der Waals surface area contributed by atoms with E-state index in [1.165, 1.54) is 38.0 Å². The topological polar surface area (TPSA) is 33.7 Å². The van der Waals surface area contributed by atoms with Crippen molar-refractivity contribution in [3.05, 3.63) is 23.8 Å². The fourth-order valence-electron chi connectivity index (χ4n) is 3.13. The van der Waals surface area contributed by atoms with Crippen LogP contribution in [0.1, 0.15) is 25.3 Å². The van der Waals surface area contributed by atoms with E-state index in [0.29, 0.717) is 13.2 Å². The molecule has 4 heteroatoms. The Kier molecular flexibility index (Phi) is 4.99. The molecule has 0 amide bonds. The van der Waals surface area contributed by atoms with Crippen molar-refractivity contribution < 1.29 is 9.47 Å². The van der Waals surface area contributed by atoms with Gasteiger partial charge in [-0.05, 0) is 62.6 Å². The van der Waals surface area contributed by atoms with Gasteiger partial charge in [-0.3, -0.25) is 0 Å². The average Bonchev–Trinajstić information content (AvgIpc) is 2.55. The van der Waals surface area contributed by atoms with Gasteiger partial charge in [0.15, 0.2) is 11.5 Å². The molecule has 3 rings (SSSR count). The lowest BCUT2D eigenvalue weighted by Crippen LogP contribution is -2.36. The quantitative estimate of drug-likeness (QED) is 0.902. The highest BCUT2D eigenvalue weighted by molar-refractivity contribution is 5.43. The van der Waals surface area contributed by atoms with Gasteiger partial charge in [0.05, 0.1) is 0 Å². The summed E-state index contributed by atoms with van der Waals surface area (Å²) >= 11 is 0. The molecule has 1 aromatic carbocycles. The lowest BCUT2D eigenvalue weighted by molar-refractivity contribution is 0.171. The van der Waals surface area contributed by atoms with Gasteiger partial charge in [-0.25, -0.2) is 0 Å². The van der Waals surface area contributed by atoms with Crippen LogP contribution in [0.3, 0.4) is 0 Å².